The van der Waals surface area contributed by atoms with Crippen molar-refractivity contribution in [2.24, 2.45) is 5.18 Å². The van der Waals surface area contributed by atoms with Crippen molar-refractivity contribution in [2.45, 2.75) is 51.5 Å². The van der Waals surface area contributed by atoms with Crippen LogP contribution in [0.15, 0.2) is 23.4 Å². The van der Waals surface area contributed by atoms with Crippen molar-refractivity contribution in [3.8, 4) is 5.75 Å². The molecule has 0 saturated heterocycles. The van der Waals surface area contributed by atoms with Crippen molar-refractivity contribution in [1.29, 1.82) is 0 Å². The lowest BCUT2D eigenvalue weighted by Crippen LogP contribution is -2.52. The van der Waals surface area contributed by atoms with Crippen molar-refractivity contribution in [2.75, 3.05) is 20.4 Å². The van der Waals surface area contributed by atoms with Crippen LogP contribution in [0.25, 0.3) is 0 Å². The lowest BCUT2D eigenvalue weighted by Gasteiger charge is -2.39. The van der Waals surface area contributed by atoms with E-state index in [0.717, 1.165) is 11.1 Å². The monoisotopic (exact) mass is 366 g/mol. The zero-order chi connectivity index (χ0) is 19.3. The number of benzene rings is 1. The topological polar surface area (TPSA) is 97.7 Å². The van der Waals surface area contributed by atoms with Crippen molar-refractivity contribution in [3.05, 3.63) is 34.2 Å². The van der Waals surface area contributed by atoms with Gasteiger partial charge in [-0.1, -0.05) is 11.2 Å². The molecule has 1 aliphatic rings. The van der Waals surface area contributed by atoms with Gasteiger partial charge < -0.3 is 19.3 Å². The molecule has 1 aromatic carbocycles. The zero-order valence-corrected chi connectivity index (χ0v) is 15.6. The molecule has 0 fully saturated rings. The van der Waals surface area contributed by atoms with Gasteiger partial charge in [-0.3, -0.25) is 4.90 Å². The first kappa shape index (κ1) is 20.1. The minimum absolute atomic E-state index is 0.126. The van der Waals surface area contributed by atoms with E-state index in [9.17, 15) is 14.8 Å². The van der Waals surface area contributed by atoms with Crippen LogP contribution in [0.3, 0.4) is 0 Å². The SMILES string of the molecule is COCOc1ccc2c(c1)CN(C(=O)OC(C)(C)C)[C@H]([C@H](O)CN=O)C2. The Hall–Kier alpha value is -2.19. The van der Waals surface area contributed by atoms with Crippen LogP contribution in [0.2, 0.25) is 0 Å². The number of carbonyl (C=O) groups excluding carboxylic acids is 1. The van der Waals surface area contributed by atoms with Crippen LogP contribution in [-0.4, -0.2) is 54.3 Å². The van der Waals surface area contributed by atoms with Crippen LogP contribution in [0.4, 0.5) is 4.79 Å². The van der Waals surface area contributed by atoms with E-state index in [1.54, 1.807) is 20.8 Å². The largest absolute Gasteiger partial charge is 0.468 e. The Kier molecular flexibility index (Phi) is 6.55. The quantitative estimate of drug-likeness (QED) is 0.613. The Morgan fingerprint density at radius 2 is 2.12 bits per heavy atom. The van der Waals surface area contributed by atoms with E-state index in [-0.39, 0.29) is 19.9 Å². The van der Waals surface area contributed by atoms with E-state index < -0.39 is 23.8 Å². The van der Waals surface area contributed by atoms with Crippen molar-refractivity contribution >= 4 is 6.09 Å². The van der Waals surface area contributed by atoms with Crippen LogP contribution < -0.4 is 4.74 Å². The number of rotatable bonds is 6. The summed E-state index contributed by atoms with van der Waals surface area (Å²) in [6.07, 6.45) is -1.20. The van der Waals surface area contributed by atoms with Gasteiger partial charge in [0.05, 0.1) is 12.1 Å². The van der Waals surface area contributed by atoms with E-state index in [4.69, 9.17) is 14.2 Å². The Bertz CT molecular complexity index is 643. The molecule has 8 heteroatoms. The molecular weight excluding hydrogens is 340 g/mol. The lowest BCUT2D eigenvalue weighted by atomic mass is 9.91. The second kappa shape index (κ2) is 8.46. The molecule has 144 valence electrons. The standard InChI is InChI=1S/C18H26N2O6/c1-18(2,3)26-17(22)20-10-13-7-14(25-11-24-4)6-5-12(13)8-15(20)16(21)9-19-23/h5-7,15-16,21H,8-11H2,1-4H3/t15-,16+/m0/s1. The van der Waals surface area contributed by atoms with Crippen molar-refractivity contribution in [1.82, 2.24) is 4.90 Å². The maximum atomic E-state index is 12.6. The Labute approximate surface area is 153 Å². The summed E-state index contributed by atoms with van der Waals surface area (Å²) < 4.78 is 15.8. The van der Waals surface area contributed by atoms with Crippen LogP contribution in [0.5, 0.6) is 5.75 Å². The first-order valence-corrected chi connectivity index (χ1v) is 8.45. The minimum atomic E-state index is -1.06. The second-order valence-electron chi connectivity index (χ2n) is 7.24. The first-order chi connectivity index (χ1) is 12.2. The van der Waals surface area contributed by atoms with Crippen LogP contribution >= 0.6 is 0 Å². The molecule has 0 bridgehead atoms. The normalized spacial score (nSPS) is 18.0. The molecule has 2 rings (SSSR count). The summed E-state index contributed by atoms with van der Waals surface area (Å²) in [4.78, 5) is 24.7. The third-order valence-corrected chi connectivity index (χ3v) is 4.02. The number of nitrogens with zero attached hydrogens (tertiary/aromatic N) is 2. The van der Waals surface area contributed by atoms with E-state index in [1.807, 2.05) is 18.2 Å². The van der Waals surface area contributed by atoms with Gasteiger partial charge in [-0.05, 0) is 50.5 Å². The molecule has 1 aromatic rings. The number of aliphatic hydroxyl groups excluding tert-OH is 1. The summed E-state index contributed by atoms with van der Waals surface area (Å²) in [5.41, 5.74) is 1.20. The maximum absolute atomic E-state index is 12.6. The molecule has 0 radical (unpaired) electrons. The summed E-state index contributed by atoms with van der Waals surface area (Å²) in [6, 6.07) is 4.95. The van der Waals surface area contributed by atoms with Crippen LogP contribution in [0, 0.1) is 4.91 Å². The van der Waals surface area contributed by atoms with Gasteiger partial charge in [-0.15, -0.1) is 0 Å². The first-order valence-electron chi connectivity index (χ1n) is 8.45. The fourth-order valence-corrected chi connectivity index (χ4v) is 2.86. The highest BCUT2D eigenvalue weighted by atomic mass is 16.7. The third kappa shape index (κ3) is 5.15. The predicted octanol–water partition coefficient (Wildman–Crippen LogP) is 2.46. The van der Waals surface area contributed by atoms with Crippen molar-refractivity contribution < 1.29 is 24.1 Å². The molecule has 1 N–H and O–H groups in total. The zero-order valence-electron chi connectivity index (χ0n) is 15.6. The predicted molar refractivity (Wildman–Crippen MR) is 94.9 cm³/mol. The summed E-state index contributed by atoms with van der Waals surface area (Å²) in [5.74, 6) is 0.628. The van der Waals surface area contributed by atoms with E-state index in [1.165, 1.54) is 12.0 Å². The summed E-state index contributed by atoms with van der Waals surface area (Å²) in [7, 11) is 1.54. The number of carbonyl (C=O) groups is 1. The molecule has 0 aliphatic carbocycles. The lowest BCUT2D eigenvalue weighted by molar-refractivity contribution is -0.0102. The van der Waals surface area contributed by atoms with Crippen LogP contribution in [-0.2, 0) is 22.4 Å². The van der Waals surface area contributed by atoms with Gasteiger partial charge in [-0.25, -0.2) is 4.79 Å². The molecule has 0 saturated carbocycles. The highest BCUT2D eigenvalue weighted by Crippen LogP contribution is 2.30. The van der Waals surface area contributed by atoms with E-state index >= 15 is 0 Å². The molecule has 8 nitrogen and oxygen atoms in total. The van der Waals surface area contributed by atoms with Gasteiger partial charge in [0.2, 0.25) is 0 Å². The number of nitroso groups, excluding NO2 is 1. The molecule has 0 aromatic heterocycles. The average Bonchev–Trinajstić information content (AvgIpc) is 2.57. The molecule has 26 heavy (non-hydrogen) atoms. The van der Waals surface area contributed by atoms with Gasteiger partial charge in [0.1, 0.15) is 17.9 Å². The molecule has 0 unspecified atom stereocenters. The fourth-order valence-electron chi connectivity index (χ4n) is 2.86. The van der Waals surface area contributed by atoms with Gasteiger partial charge >= 0.3 is 6.09 Å². The van der Waals surface area contributed by atoms with Crippen LogP contribution in [0.1, 0.15) is 31.9 Å². The van der Waals surface area contributed by atoms with Gasteiger partial charge in [0.25, 0.3) is 0 Å². The molecular formula is C18H26N2O6. The number of hydrogen-bond acceptors (Lipinski definition) is 7. The Morgan fingerprint density at radius 3 is 2.73 bits per heavy atom. The van der Waals surface area contributed by atoms with E-state index in [2.05, 4.69) is 5.18 Å². The van der Waals surface area contributed by atoms with Gasteiger partial charge in [-0.2, -0.15) is 4.91 Å². The number of methoxy groups -OCH3 is 1. The van der Waals surface area contributed by atoms with Gasteiger partial charge in [0.15, 0.2) is 6.79 Å². The number of hydrogen-bond donors (Lipinski definition) is 1. The second-order valence-corrected chi connectivity index (χ2v) is 7.24. The van der Waals surface area contributed by atoms with Gasteiger partial charge in [0, 0.05) is 13.7 Å². The molecule has 1 amide bonds. The van der Waals surface area contributed by atoms with Crippen molar-refractivity contribution in [3.63, 3.8) is 0 Å². The smallest absolute Gasteiger partial charge is 0.410 e. The summed E-state index contributed by atoms with van der Waals surface area (Å²) >= 11 is 0. The fraction of sp³-hybridized carbons (Fsp3) is 0.611. The Morgan fingerprint density at radius 1 is 1.38 bits per heavy atom. The van der Waals surface area contributed by atoms with E-state index in [0.29, 0.717) is 12.2 Å². The Balaban J connectivity index is 2.28. The minimum Gasteiger partial charge on any atom is -0.468 e. The number of amides is 1. The molecule has 1 aliphatic heterocycles. The summed E-state index contributed by atoms with van der Waals surface area (Å²) in [6.45, 7) is 5.41. The molecule has 0 spiro atoms. The average molecular weight is 366 g/mol. The molecule has 1 heterocycles. The highest BCUT2D eigenvalue weighted by molar-refractivity contribution is 5.69. The third-order valence-electron chi connectivity index (χ3n) is 4.02. The molecule has 2 atom stereocenters. The number of ether oxygens (including phenoxy) is 3. The maximum Gasteiger partial charge on any atom is 0.410 e. The number of aliphatic hydroxyl groups is 1. The summed E-state index contributed by atoms with van der Waals surface area (Å²) in [5, 5.41) is 13.1. The highest BCUT2D eigenvalue weighted by Gasteiger charge is 2.37. The number of fused-ring (bicyclic) bond motifs is 1.